The predicted molar refractivity (Wildman–Crippen MR) is 68.9 cm³/mol. The van der Waals surface area contributed by atoms with Gasteiger partial charge in [-0.2, -0.15) is 0 Å². The largest absolute Gasteiger partial charge is 0.397 e. The molecule has 1 nitrogen and oxygen atoms in total. The van der Waals surface area contributed by atoms with Crippen molar-refractivity contribution in [3.63, 3.8) is 0 Å². The molecule has 0 saturated heterocycles. The van der Waals surface area contributed by atoms with Gasteiger partial charge in [-0.3, -0.25) is 0 Å². The number of nitrogens with two attached hydrogens (primary N) is 1. The summed E-state index contributed by atoms with van der Waals surface area (Å²) in [5.41, 5.74) is 8.63. The molecule has 0 atom stereocenters. The molecule has 1 aromatic heterocycles. The molecule has 1 heterocycles. The van der Waals surface area contributed by atoms with Crippen molar-refractivity contribution in [1.82, 2.24) is 0 Å². The minimum atomic E-state index is 0.650. The Balaban J connectivity index is 2.54. The van der Waals surface area contributed by atoms with Crippen molar-refractivity contribution < 1.29 is 0 Å². The molecule has 0 aliphatic rings. The number of hydrogen-bond donors (Lipinski definition) is 1. The molecule has 0 unspecified atom stereocenters. The monoisotopic (exact) mass is 257 g/mol. The first kappa shape index (κ1) is 10.8. The highest BCUT2D eigenvalue weighted by Gasteiger charge is 2.11. The smallest absolute Gasteiger partial charge is 0.117 e. The van der Waals surface area contributed by atoms with E-state index in [1.54, 1.807) is 0 Å². The molecule has 0 saturated carbocycles. The van der Waals surface area contributed by atoms with Crippen LogP contribution in [0.3, 0.4) is 0 Å². The van der Waals surface area contributed by atoms with Crippen LogP contribution in [-0.2, 0) is 0 Å². The summed E-state index contributed by atoms with van der Waals surface area (Å²) in [6.07, 6.45) is 0. The Morgan fingerprint density at radius 1 is 1.13 bits per heavy atom. The second kappa shape index (κ2) is 4.05. The Bertz CT molecular complexity index is 488. The molecule has 0 fully saturated rings. The summed E-state index contributed by atoms with van der Waals surface area (Å²) in [4.78, 5) is 1.11. The molecule has 4 heteroatoms. The number of anilines is 1. The zero-order valence-electron chi connectivity index (χ0n) is 8.05. The number of nitrogen functional groups attached to an aromatic ring is 1. The standard InChI is InChI=1S/C11H9Cl2NS/c1-6-9(14)11(13)15-10(6)7-2-4-8(12)5-3-7/h2-5H,14H2,1H3. The summed E-state index contributed by atoms with van der Waals surface area (Å²) in [6.45, 7) is 1.97. The Labute approximate surface area is 102 Å². The van der Waals surface area contributed by atoms with Crippen molar-refractivity contribution >= 4 is 40.2 Å². The Hall–Kier alpha value is -0.700. The van der Waals surface area contributed by atoms with Crippen LogP contribution in [0.2, 0.25) is 9.36 Å². The average molecular weight is 258 g/mol. The van der Waals surface area contributed by atoms with Gasteiger partial charge < -0.3 is 5.73 Å². The fourth-order valence-electron chi connectivity index (χ4n) is 1.37. The van der Waals surface area contributed by atoms with Crippen molar-refractivity contribution in [2.75, 3.05) is 5.73 Å². The van der Waals surface area contributed by atoms with E-state index >= 15 is 0 Å². The zero-order valence-corrected chi connectivity index (χ0v) is 10.4. The molecule has 0 aliphatic carbocycles. The third kappa shape index (κ3) is 1.98. The van der Waals surface area contributed by atoms with Crippen LogP contribution in [0, 0.1) is 6.92 Å². The summed E-state index contributed by atoms with van der Waals surface area (Å²) >= 11 is 13.3. The highest BCUT2D eigenvalue weighted by atomic mass is 35.5. The molecule has 2 N–H and O–H groups in total. The molecule has 0 amide bonds. The lowest BCUT2D eigenvalue weighted by Crippen LogP contribution is -1.85. The normalized spacial score (nSPS) is 10.6. The molecule has 0 radical (unpaired) electrons. The molecule has 0 spiro atoms. The second-order valence-electron chi connectivity index (χ2n) is 3.25. The SMILES string of the molecule is Cc1c(-c2ccc(Cl)cc2)sc(Cl)c1N. The maximum atomic E-state index is 5.98. The Kier molecular flexibility index (Phi) is 2.91. The van der Waals surface area contributed by atoms with Crippen molar-refractivity contribution in [3.05, 3.63) is 39.2 Å². The third-order valence-corrected chi connectivity index (χ3v) is 4.09. The first-order chi connectivity index (χ1) is 7.09. The number of halogens is 2. The summed E-state index contributed by atoms with van der Waals surface area (Å²) in [7, 11) is 0. The fourth-order valence-corrected chi connectivity index (χ4v) is 2.83. The Morgan fingerprint density at radius 3 is 2.20 bits per heavy atom. The van der Waals surface area contributed by atoms with E-state index in [0.717, 1.165) is 21.0 Å². The van der Waals surface area contributed by atoms with Gasteiger partial charge in [0, 0.05) is 9.90 Å². The van der Waals surface area contributed by atoms with Crippen LogP contribution in [0.15, 0.2) is 24.3 Å². The van der Waals surface area contributed by atoms with E-state index in [2.05, 4.69) is 0 Å². The highest BCUT2D eigenvalue weighted by Crippen LogP contribution is 2.41. The van der Waals surface area contributed by atoms with E-state index in [4.69, 9.17) is 28.9 Å². The molecule has 15 heavy (non-hydrogen) atoms. The van der Waals surface area contributed by atoms with Gasteiger partial charge in [0.2, 0.25) is 0 Å². The maximum absolute atomic E-state index is 5.98. The first-order valence-corrected chi connectivity index (χ1v) is 5.97. The van der Waals surface area contributed by atoms with Gasteiger partial charge in [-0.15, -0.1) is 11.3 Å². The second-order valence-corrected chi connectivity index (χ2v) is 5.31. The fraction of sp³-hybridized carbons (Fsp3) is 0.0909. The topological polar surface area (TPSA) is 26.0 Å². The molecular formula is C11H9Cl2NS. The zero-order chi connectivity index (χ0) is 11.0. The van der Waals surface area contributed by atoms with Crippen molar-refractivity contribution in [3.8, 4) is 10.4 Å². The van der Waals surface area contributed by atoms with Gasteiger partial charge >= 0.3 is 0 Å². The number of hydrogen-bond acceptors (Lipinski definition) is 2. The van der Waals surface area contributed by atoms with E-state index < -0.39 is 0 Å². The quantitative estimate of drug-likeness (QED) is 0.793. The molecule has 2 aromatic rings. The van der Waals surface area contributed by atoms with Crippen LogP contribution in [-0.4, -0.2) is 0 Å². The molecule has 1 aromatic carbocycles. The summed E-state index contributed by atoms with van der Waals surface area (Å²) < 4.78 is 0.650. The molecule has 2 rings (SSSR count). The van der Waals surface area contributed by atoms with Gasteiger partial charge in [-0.25, -0.2) is 0 Å². The third-order valence-electron chi connectivity index (χ3n) is 2.25. The van der Waals surface area contributed by atoms with Crippen molar-refractivity contribution in [2.45, 2.75) is 6.92 Å². The average Bonchev–Trinajstić information content (AvgIpc) is 2.47. The van der Waals surface area contributed by atoms with Gasteiger partial charge in [0.1, 0.15) is 4.34 Å². The van der Waals surface area contributed by atoms with Gasteiger partial charge in [-0.05, 0) is 30.2 Å². The lowest BCUT2D eigenvalue weighted by atomic mass is 10.1. The minimum absolute atomic E-state index is 0.650. The van der Waals surface area contributed by atoms with Crippen LogP contribution < -0.4 is 5.73 Å². The first-order valence-electron chi connectivity index (χ1n) is 4.40. The van der Waals surface area contributed by atoms with Crippen LogP contribution in [0.4, 0.5) is 5.69 Å². The number of benzene rings is 1. The van der Waals surface area contributed by atoms with Crippen molar-refractivity contribution in [2.24, 2.45) is 0 Å². The van der Waals surface area contributed by atoms with Gasteiger partial charge in [0.25, 0.3) is 0 Å². The summed E-state index contributed by atoms with van der Waals surface area (Å²) in [6, 6.07) is 7.66. The van der Waals surface area contributed by atoms with E-state index in [1.807, 2.05) is 31.2 Å². The van der Waals surface area contributed by atoms with Crippen molar-refractivity contribution in [1.29, 1.82) is 0 Å². The molecule has 0 bridgehead atoms. The van der Waals surface area contributed by atoms with Crippen LogP contribution >= 0.6 is 34.5 Å². The molecular weight excluding hydrogens is 249 g/mol. The van der Waals surface area contributed by atoms with Gasteiger partial charge in [0.05, 0.1) is 5.69 Å². The van der Waals surface area contributed by atoms with E-state index in [-0.39, 0.29) is 0 Å². The van der Waals surface area contributed by atoms with Gasteiger partial charge in [0.15, 0.2) is 0 Å². The van der Waals surface area contributed by atoms with E-state index in [9.17, 15) is 0 Å². The Morgan fingerprint density at radius 2 is 1.73 bits per heavy atom. The number of thiophene rings is 1. The van der Waals surface area contributed by atoms with Crippen LogP contribution in [0.1, 0.15) is 5.56 Å². The molecule has 78 valence electrons. The van der Waals surface area contributed by atoms with Crippen LogP contribution in [0.25, 0.3) is 10.4 Å². The van der Waals surface area contributed by atoms with E-state index in [1.165, 1.54) is 11.3 Å². The summed E-state index contributed by atoms with van der Waals surface area (Å²) in [5, 5.41) is 0.729. The van der Waals surface area contributed by atoms with E-state index in [0.29, 0.717) is 10.0 Å². The minimum Gasteiger partial charge on any atom is -0.397 e. The maximum Gasteiger partial charge on any atom is 0.117 e. The van der Waals surface area contributed by atoms with Gasteiger partial charge in [-0.1, -0.05) is 35.3 Å². The van der Waals surface area contributed by atoms with Crippen LogP contribution in [0.5, 0.6) is 0 Å². The summed E-state index contributed by atoms with van der Waals surface area (Å²) in [5.74, 6) is 0. The lowest BCUT2D eigenvalue weighted by Gasteiger charge is -1.99. The highest BCUT2D eigenvalue weighted by molar-refractivity contribution is 7.20. The molecule has 0 aliphatic heterocycles. The number of rotatable bonds is 1. The predicted octanol–water partition coefficient (Wildman–Crippen LogP) is 4.61. The lowest BCUT2D eigenvalue weighted by molar-refractivity contribution is 1.53.